The number of ether oxygens (including phenoxy) is 1. The third-order valence-electron chi connectivity index (χ3n) is 6.09. The van der Waals surface area contributed by atoms with Gasteiger partial charge < -0.3 is 19.4 Å². The number of benzene rings is 1. The summed E-state index contributed by atoms with van der Waals surface area (Å²) in [4.78, 5) is 10.5. The van der Waals surface area contributed by atoms with E-state index in [1.165, 1.54) is 5.56 Å². The molecule has 1 aromatic carbocycles. The zero-order chi connectivity index (χ0) is 22.6. The summed E-state index contributed by atoms with van der Waals surface area (Å²) in [5.41, 5.74) is 2.21. The second kappa shape index (κ2) is 10.3. The highest BCUT2D eigenvalue weighted by Gasteiger charge is 2.41. The molecule has 6 nitrogen and oxygen atoms in total. The van der Waals surface area contributed by atoms with Gasteiger partial charge in [0.15, 0.2) is 10.2 Å². The van der Waals surface area contributed by atoms with E-state index in [2.05, 4.69) is 63.4 Å². The van der Waals surface area contributed by atoms with Gasteiger partial charge in [-0.25, -0.2) is 0 Å². The molecule has 3 aromatic rings. The highest BCUT2D eigenvalue weighted by Crippen LogP contribution is 2.41. The van der Waals surface area contributed by atoms with E-state index in [4.69, 9.17) is 21.4 Å². The minimum Gasteiger partial charge on any atom is -0.452 e. The van der Waals surface area contributed by atoms with E-state index in [1.54, 1.807) is 11.8 Å². The molecule has 4 heterocycles. The van der Waals surface area contributed by atoms with E-state index < -0.39 is 0 Å². The summed E-state index contributed by atoms with van der Waals surface area (Å²) in [6.45, 7) is 7.35. The smallest absolute Gasteiger partial charge is 0.170 e. The predicted molar refractivity (Wildman–Crippen MR) is 133 cm³/mol. The van der Waals surface area contributed by atoms with Crippen molar-refractivity contribution in [3.8, 4) is 0 Å². The largest absolute Gasteiger partial charge is 0.452 e. The van der Waals surface area contributed by atoms with Crippen LogP contribution < -0.4 is 5.32 Å². The third kappa shape index (κ3) is 5.24. The molecule has 2 aliphatic rings. The summed E-state index contributed by atoms with van der Waals surface area (Å²) >= 11 is 7.42. The first-order valence-corrected chi connectivity index (χ1v) is 12.5. The van der Waals surface area contributed by atoms with Crippen LogP contribution in [0.4, 0.5) is 0 Å². The zero-order valence-corrected chi connectivity index (χ0v) is 20.3. The Hall–Kier alpha value is -2.39. The molecule has 1 N–H and O–H groups in total. The second-order valence-corrected chi connectivity index (χ2v) is 9.81. The first-order chi connectivity index (χ1) is 16.2. The van der Waals surface area contributed by atoms with Crippen LogP contribution in [0.1, 0.15) is 29.1 Å². The average molecular weight is 481 g/mol. The lowest BCUT2D eigenvalue weighted by molar-refractivity contribution is 0.0347. The lowest BCUT2D eigenvalue weighted by Gasteiger charge is -2.31. The molecule has 5 rings (SSSR count). The topological polar surface area (TPSA) is 53.8 Å². The highest BCUT2D eigenvalue weighted by molar-refractivity contribution is 7.99. The van der Waals surface area contributed by atoms with Gasteiger partial charge in [0.2, 0.25) is 0 Å². The lowest BCUT2D eigenvalue weighted by Crippen LogP contribution is -2.42. The van der Waals surface area contributed by atoms with E-state index in [9.17, 15) is 0 Å². The molecular formula is C25H28N4O2S2. The number of nitrogens with one attached hydrogen (secondary N) is 1. The van der Waals surface area contributed by atoms with Gasteiger partial charge in [0.25, 0.3) is 0 Å². The molecular weight excluding hydrogens is 452 g/mol. The van der Waals surface area contributed by atoms with Gasteiger partial charge in [-0.3, -0.25) is 9.88 Å². The molecule has 2 saturated heterocycles. The summed E-state index contributed by atoms with van der Waals surface area (Å²) in [6.07, 6.45) is 1.83. The number of thiocarbonyl (C=S) groups is 1. The maximum Gasteiger partial charge on any atom is 0.170 e. The lowest BCUT2D eigenvalue weighted by atomic mass is 10.0. The van der Waals surface area contributed by atoms with Crippen molar-refractivity contribution >= 4 is 29.1 Å². The van der Waals surface area contributed by atoms with Crippen LogP contribution in [-0.4, -0.2) is 59.3 Å². The molecule has 0 saturated carbocycles. The molecule has 0 radical (unpaired) electrons. The number of hydrogen-bond acceptors (Lipinski definition) is 6. The molecule has 2 aliphatic heterocycles. The Kier molecular flexibility index (Phi) is 6.96. The highest BCUT2D eigenvalue weighted by atomic mass is 32.2. The van der Waals surface area contributed by atoms with Crippen molar-refractivity contribution < 1.29 is 9.15 Å². The van der Waals surface area contributed by atoms with Gasteiger partial charge in [0, 0.05) is 37.3 Å². The standard InChI is InChI=1S/C25H28N4O2S2/c1-18-5-7-19(8-6-18)33-22-10-9-21(31-22)24-23(20-4-2-3-11-26-20)27-25(32)29(24)13-12-28-14-16-30-17-15-28/h2-11,23-24H,12-17H2,1H3,(H,27,32)/t23-,24+/m1/s1. The number of furan rings is 1. The predicted octanol–water partition coefficient (Wildman–Crippen LogP) is 4.44. The van der Waals surface area contributed by atoms with Crippen LogP contribution in [0, 0.1) is 6.92 Å². The Morgan fingerprint density at radius 2 is 1.88 bits per heavy atom. The Balaban J connectivity index is 1.38. The fourth-order valence-corrected chi connectivity index (χ4v) is 5.41. The first-order valence-electron chi connectivity index (χ1n) is 11.3. The molecule has 2 aromatic heterocycles. The number of aryl methyl sites for hydroxylation is 1. The molecule has 0 spiro atoms. The number of nitrogens with zero attached hydrogens (tertiary/aromatic N) is 3. The monoisotopic (exact) mass is 480 g/mol. The molecule has 0 aliphatic carbocycles. The van der Waals surface area contributed by atoms with Gasteiger partial charge in [-0.1, -0.05) is 35.5 Å². The molecule has 2 atom stereocenters. The summed E-state index contributed by atoms with van der Waals surface area (Å²) in [5.74, 6) is 0.898. The van der Waals surface area contributed by atoms with Crippen molar-refractivity contribution in [2.45, 2.75) is 29.0 Å². The van der Waals surface area contributed by atoms with Crippen molar-refractivity contribution in [1.29, 1.82) is 0 Å². The van der Waals surface area contributed by atoms with Crippen LogP contribution in [0.25, 0.3) is 0 Å². The number of hydrogen-bond donors (Lipinski definition) is 1. The van der Waals surface area contributed by atoms with Crippen LogP contribution in [0.2, 0.25) is 0 Å². The van der Waals surface area contributed by atoms with Gasteiger partial charge in [0.05, 0.1) is 24.9 Å². The quantitative estimate of drug-likeness (QED) is 0.498. The number of aromatic nitrogens is 1. The SMILES string of the molecule is Cc1ccc(Sc2ccc([C@H]3[C@@H](c4ccccn4)NC(=S)N3CCN3CCOCC3)o2)cc1. The molecule has 8 heteroatoms. The molecule has 0 bridgehead atoms. The maximum absolute atomic E-state index is 6.38. The van der Waals surface area contributed by atoms with Crippen LogP contribution in [-0.2, 0) is 4.74 Å². The molecule has 33 heavy (non-hydrogen) atoms. The summed E-state index contributed by atoms with van der Waals surface area (Å²) in [7, 11) is 0. The normalized spacial score (nSPS) is 21.4. The number of rotatable bonds is 7. The number of morpholine rings is 1. The van der Waals surface area contributed by atoms with E-state index in [1.807, 2.05) is 24.4 Å². The summed E-state index contributed by atoms with van der Waals surface area (Å²) < 4.78 is 11.9. The molecule has 0 unspecified atom stereocenters. The van der Waals surface area contributed by atoms with Crippen LogP contribution in [0.3, 0.4) is 0 Å². The van der Waals surface area contributed by atoms with E-state index in [0.717, 1.165) is 65.9 Å². The van der Waals surface area contributed by atoms with Crippen LogP contribution in [0.5, 0.6) is 0 Å². The van der Waals surface area contributed by atoms with Gasteiger partial charge in [0.1, 0.15) is 11.8 Å². The maximum atomic E-state index is 6.38. The van der Waals surface area contributed by atoms with Crippen molar-refractivity contribution in [2.75, 3.05) is 39.4 Å². The van der Waals surface area contributed by atoms with Crippen molar-refractivity contribution in [3.63, 3.8) is 0 Å². The molecule has 2 fully saturated rings. The minimum absolute atomic E-state index is 0.0548. The van der Waals surface area contributed by atoms with Gasteiger partial charge in [-0.15, -0.1) is 0 Å². The summed E-state index contributed by atoms with van der Waals surface area (Å²) in [5, 5.41) is 5.12. The Bertz CT molecular complexity index is 1070. The summed E-state index contributed by atoms with van der Waals surface area (Å²) in [6, 6.07) is 18.5. The van der Waals surface area contributed by atoms with Crippen molar-refractivity contribution in [3.05, 3.63) is 77.8 Å². The van der Waals surface area contributed by atoms with Gasteiger partial charge in [-0.2, -0.15) is 0 Å². The molecule has 0 amide bonds. The third-order valence-corrected chi connectivity index (χ3v) is 7.37. The number of pyridine rings is 1. The van der Waals surface area contributed by atoms with Crippen LogP contribution >= 0.6 is 24.0 Å². The van der Waals surface area contributed by atoms with Crippen molar-refractivity contribution in [1.82, 2.24) is 20.1 Å². The fourth-order valence-electron chi connectivity index (χ4n) is 4.30. The zero-order valence-electron chi connectivity index (χ0n) is 18.6. The Labute approximate surface area is 204 Å². The minimum atomic E-state index is -0.0632. The van der Waals surface area contributed by atoms with Crippen LogP contribution in [0.15, 0.2) is 75.2 Å². The average Bonchev–Trinajstić information content (AvgIpc) is 3.44. The fraction of sp³-hybridized carbons (Fsp3) is 0.360. The van der Waals surface area contributed by atoms with Gasteiger partial charge >= 0.3 is 0 Å². The van der Waals surface area contributed by atoms with Crippen molar-refractivity contribution in [2.24, 2.45) is 0 Å². The second-order valence-electron chi connectivity index (χ2n) is 8.35. The first kappa shape index (κ1) is 22.4. The molecule has 172 valence electrons. The van der Waals surface area contributed by atoms with E-state index in [0.29, 0.717) is 0 Å². The van der Waals surface area contributed by atoms with E-state index >= 15 is 0 Å². The Morgan fingerprint density at radius 1 is 1.06 bits per heavy atom. The Morgan fingerprint density at radius 3 is 2.64 bits per heavy atom. The van der Waals surface area contributed by atoms with Gasteiger partial charge in [-0.05, 0) is 55.5 Å². The van der Waals surface area contributed by atoms with E-state index in [-0.39, 0.29) is 12.1 Å².